The van der Waals surface area contributed by atoms with E-state index in [4.69, 9.17) is 14.5 Å². The lowest BCUT2D eigenvalue weighted by Crippen LogP contribution is -2.43. The van der Waals surface area contributed by atoms with Gasteiger partial charge in [0.25, 0.3) is 5.91 Å². The number of para-hydroxylation sites is 1. The summed E-state index contributed by atoms with van der Waals surface area (Å²) in [5.41, 5.74) is 2.95. The second kappa shape index (κ2) is 7.02. The summed E-state index contributed by atoms with van der Waals surface area (Å²) in [7, 11) is 0. The van der Waals surface area contributed by atoms with E-state index in [2.05, 4.69) is 26.1 Å². The largest absolute Gasteiger partial charge is 0.486 e. The Morgan fingerprint density at radius 2 is 1.87 bits per heavy atom. The molecule has 0 fully saturated rings. The Labute approximate surface area is 179 Å². The number of carbonyl (C=O) groups excluding carboxylic acids is 1. The first-order valence-corrected chi connectivity index (χ1v) is 10.8. The van der Waals surface area contributed by atoms with E-state index in [1.165, 1.54) is 0 Å². The van der Waals surface area contributed by atoms with Crippen molar-refractivity contribution >= 4 is 28.6 Å². The van der Waals surface area contributed by atoms with Crippen molar-refractivity contribution in [1.82, 2.24) is 4.98 Å². The maximum Gasteiger partial charge on any atom is 0.262 e. The van der Waals surface area contributed by atoms with Gasteiger partial charge in [0.2, 0.25) is 0 Å². The normalized spacial score (nSPS) is 18.0. The molecule has 7 heteroatoms. The summed E-state index contributed by atoms with van der Waals surface area (Å²) < 4.78 is 11.4. The first-order valence-electron chi connectivity index (χ1n) is 9.96. The molecule has 30 heavy (non-hydrogen) atoms. The average molecular weight is 422 g/mol. The van der Waals surface area contributed by atoms with Crippen molar-refractivity contribution in [3.63, 3.8) is 0 Å². The molecule has 1 unspecified atom stereocenters. The summed E-state index contributed by atoms with van der Waals surface area (Å²) in [6.45, 7) is 7.45. The van der Waals surface area contributed by atoms with E-state index in [-0.39, 0.29) is 11.3 Å². The standard InChI is InChI=1S/C23H23N3O3S/c1-23(2,3)22-25-17(13-30-22)20-24-16-7-5-4-6-15(16)21(27)26(20)14-8-9-18-19(12-14)29-11-10-28-18/h4-9,12-13,20,24H,10-11H2,1-3H3. The van der Waals surface area contributed by atoms with E-state index < -0.39 is 6.17 Å². The van der Waals surface area contributed by atoms with Gasteiger partial charge < -0.3 is 14.8 Å². The average Bonchev–Trinajstić information content (AvgIpc) is 3.24. The van der Waals surface area contributed by atoms with Crippen molar-refractivity contribution in [3.05, 3.63) is 64.1 Å². The summed E-state index contributed by atoms with van der Waals surface area (Å²) in [5, 5.41) is 6.58. The van der Waals surface area contributed by atoms with E-state index in [1.54, 1.807) is 16.2 Å². The van der Waals surface area contributed by atoms with Crippen molar-refractivity contribution in [2.75, 3.05) is 23.4 Å². The third-order valence-electron chi connectivity index (χ3n) is 5.17. The zero-order chi connectivity index (χ0) is 20.9. The number of aromatic nitrogens is 1. The van der Waals surface area contributed by atoms with Gasteiger partial charge in [-0.25, -0.2) is 4.98 Å². The second-order valence-corrected chi connectivity index (χ2v) is 9.28. The van der Waals surface area contributed by atoms with Crippen LogP contribution in [-0.4, -0.2) is 24.1 Å². The number of ether oxygens (including phenoxy) is 2. The Bertz CT molecular complexity index is 1120. The number of hydrogen-bond donors (Lipinski definition) is 1. The number of rotatable bonds is 2. The molecule has 0 aliphatic carbocycles. The molecule has 1 aromatic heterocycles. The highest BCUT2D eigenvalue weighted by molar-refractivity contribution is 7.09. The van der Waals surface area contributed by atoms with Crippen LogP contribution in [0.15, 0.2) is 47.8 Å². The predicted molar refractivity (Wildman–Crippen MR) is 118 cm³/mol. The van der Waals surface area contributed by atoms with Gasteiger partial charge in [-0.05, 0) is 24.3 Å². The first kappa shape index (κ1) is 18.9. The Morgan fingerprint density at radius 3 is 2.63 bits per heavy atom. The topological polar surface area (TPSA) is 63.7 Å². The SMILES string of the molecule is CC(C)(C)c1nc(C2Nc3ccccc3C(=O)N2c2ccc3c(c2)OCCO3)cs1. The lowest BCUT2D eigenvalue weighted by molar-refractivity contribution is 0.0974. The molecule has 0 radical (unpaired) electrons. The molecule has 0 saturated carbocycles. The van der Waals surface area contributed by atoms with Crippen LogP contribution >= 0.6 is 11.3 Å². The van der Waals surface area contributed by atoms with Crippen LogP contribution in [0.4, 0.5) is 11.4 Å². The number of benzene rings is 2. The number of carbonyl (C=O) groups is 1. The molecule has 2 aliphatic rings. The van der Waals surface area contributed by atoms with Crippen LogP contribution < -0.4 is 19.7 Å². The minimum absolute atomic E-state index is 0.0542. The molecule has 1 amide bonds. The van der Waals surface area contributed by atoms with Gasteiger partial charge in [0.05, 0.1) is 22.0 Å². The lowest BCUT2D eigenvalue weighted by Gasteiger charge is -2.37. The quantitative estimate of drug-likeness (QED) is 0.632. The molecule has 0 saturated heterocycles. The fourth-order valence-electron chi connectivity index (χ4n) is 3.66. The summed E-state index contributed by atoms with van der Waals surface area (Å²) >= 11 is 1.62. The van der Waals surface area contributed by atoms with E-state index >= 15 is 0 Å². The van der Waals surface area contributed by atoms with Crippen LogP contribution in [0.25, 0.3) is 0 Å². The third-order valence-corrected chi connectivity index (χ3v) is 6.46. The predicted octanol–water partition coefficient (Wildman–Crippen LogP) is 4.98. The minimum atomic E-state index is -0.415. The van der Waals surface area contributed by atoms with Crippen molar-refractivity contribution < 1.29 is 14.3 Å². The van der Waals surface area contributed by atoms with Crippen molar-refractivity contribution in [3.8, 4) is 11.5 Å². The molecule has 2 aromatic carbocycles. The number of hydrogen-bond acceptors (Lipinski definition) is 6. The smallest absolute Gasteiger partial charge is 0.262 e. The van der Waals surface area contributed by atoms with Crippen molar-refractivity contribution in [2.24, 2.45) is 0 Å². The molecule has 1 N–H and O–H groups in total. The van der Waals surface area contributed by atoms with Crippen molar-refractivity contribution in [2.45, 2.75) is 32.4 Å². The second-order valence-electron chi connectivity index (χ2n) is 8.42. The molecule has 3 aromatic rings. The Morgan fingerprint density at radius 1 is 1.10 bits per heavy atom. The monoisotopic (exact) mass is 421 g/mol. The summed E-state index contributed by atoms with van der Waals surface area (Å²) in [4.78, 5) is 20.2. The van der Waals surface area contributed by atoms with Crippen LogP contribution in [0.2, 0.25) is 0 Å². The number of nitrogens with zero attached hydrogens (tertiary/aromatic N) is 2. The van der Waals surface area contributed by atoms with Crippen LogP contribution in [0.3, 0.4) is 0 Å². The van der Waals surface area contributed by atoms with E-state index in [0.717, 1.165) is 22.1 Å². The molecule has 5 rings (SSSR count). The number of nitrogens with one attached hydrogen (secondary N) is 1. The Hall–Kier alpha value is -3.06. The fraction of sp³-hybridized carbons (Fsp3) is 0.304. The van der Waals surface area contributed by atoms with Gasteiger partial charge in [-0.1, -0.05) is 32.9 Å². The van der Waals surface area contributed by atoms with Gasteiger partial charge in [-0.3, -0.25) is 9.69 Å². The van der Waals surface area contributed by atoms with E-state index in [0.29, 0.717) is 30.3 Å². The highest BCUT2D eigenvalue weighted by Gasteiger charge is 2.36. The molecule has 154 valence electrons. The fourth-order valence-corrected chi connectivity index (χ4v) is 4.59. The number of amides is 1. The molecule has 3 heterocycles. The zero-order valence-corrected chi connectivity index (χ0v) is 18.0. The number of thiazole rings is 1. The van der Waals surface area contributed by atoms with Crippen LogP contribution in [-0.2, 0) is 5.41 Å². The van der Waals surface area contributed by atoms with Crippen LogP contribution in [0.1, 0.15) is 48.0 Å². The lowest BCUT2D eigenvalue weighted by atomic mass is 9.98. The summed E-state index contributed by atoms with van der Waals surface area (Å²) in [6.07, 6.45) is -0.415. The zero-order valence-electron chi connectivity index (χ0n) is 17.1. The third kappa shape index (κ3) is 3.19. The Balaban J connectivity index is 1.62. The highest BCUT2D eigenvalue weighted by Crippen LogP contribution is 2.41. The van der Waals surface area contributed by atoms with E-state index in [1.807, 2.05) is 47.8 Å². The van der Waals surface area contributed by atoms with Gasteiger partial charge >= 0.3 is 0 Å². The Kier molecular flexibility index (Phi) is 4.43. The van der Waals surface area contributed by atoms with Crippen LogP contribution in [0.5, 0.6) is 11.5 Å². The van der Waals surface area contributed by atoms with Gasteiger partial charge in [-0.15, -0.1) is 11.3 Å². The number of anilines is 2. The molecule has 6 nitrogen and oxygen atoms in total. The molecule has 2 aliphatic heterocycles. The van der Waals surface area contributed by atoms with Gasteiger partial charge in [-0.2, -0.15) is 0 Å². The van der Waals surface area contributed by atoms with E-state index in [9.17, 15) is 4.79 Å². The molecule has 0 bridgehead atoms. The highest BCUT2D eigenvalue weighted by atomic mass is 32.1. The maximum absolute atomic E-state index is 13.6. The first-order chi connectivity index (χ1) is 14.4. The van der Waals surface area contributed by atoms with Gasteiger partial charge in [0, 0.05) is 22.5 Å². The molecule has 0 spiro atoms. The molecular formula is C23H23N3O3S. The summed E-state index contributed by atoms with van der Waals surface area (Å²) in [6, 6.07) is 13.2. The van der Waals surface area contributed by atoms with Gasteiger partial charge in [0.1, 0.15) is 13.2 Å². The maximum atomic E-state index is 13.6. The molecule has 1 atom stereocenters. The minimum Gasteiger partial charge on any atom is -0.486 e. The van der Waals surface area contributed by atoms with Gasteiger partial charge in [0.15, 0.2) is 17.7 Å². The number of fused-ring (bicyclic) bond motifs is 2. The van der Waals surface area contributed by atoms with Crippen LogP contribution in [0, 0.1) is 0 Å². The van der Waals surface area contributed by atoms with Crippen molar-refractivity contribution in [1.29, 1.82) is 0 Å². The molecular weight excluding hydrogens is 398 g/mol. The summed E-state index contributed by atoms with van der Waals surface area (Å²) in [5.74, 6) is 1.28.